The number of piperidine rings is 1. The predicted molar refractivity (Wildman–Crippen MR) is 57.7 cm³/mol. The maximum atomic E-state index is 11.8. The maximum absolute atomic E-state index is 11.8. The van der Waals surface area contributed by atoms with Crippen LogP contribution in [0.3, 0.4) is 0 Å². The molecule has 1 fully saturated rings. The second kappa shape index (κ2) is 3.10. The quantitative estimate of drug-likeness (QED) is 0.495. The van der Waals surface area contributed by atoms with E-state index in [1.54, 1.807) is 0 Å². The number of nitrogens with zero attached hydrogens (tertiary/aromatic N) is 1. The lowest BCUT2D eigenvalue weighted by Gasteiger charge is -2.48. The average molecular weight is 282 g/mol. The molecule has 0 amide bonds. The van der Waals surface area contributed by atoms with Crippen LogP contribution in [-0.4, -0.2) is 20.1 Å². The summed E-state index contributed by atoms with van der Waals surface area (Å²) in [5.74, 6) is 0. The Morgan fingerprint density at radius 3 is 1.83 bits per heavy atom. The van der Waals surface area contributed by atoms with E-state index in [0.717, 1.165) is 12.8 Å². The van der Waals surface area contributed by atoms with Crippen molar-refractivity contribution in [2.45, 2.75) is 55.5 Å². The molecule has 1 heterocycles. The summed E-state index contributed by atoms with van der Waals surface area (Å²) in [6, 6.07) is 0. The third kappa shape index (κ3) is 1.93. The van der Waals surface area contributed by atoms with Gasteiger partial charge < -0.3 is 0 Å². The Labute approximate surface area is 88.4 Å². The Morgan fingerprint density at radius 1 is 1.17 bits per heavy atom. The molecule has 0 aliphatic carbocycles. The van der Waals surface area contributed by atoms with Crippen LogP contribution in [0.25, 0.3) is 0 Å². The van der Waals surface area contributed by atoms with Gasteiger partial charge in [-0.2, -0.15) is 0 Å². The van der Waals surface area contributed by atoms with Crippen LogP contribution >= 0.6 is 22.6 Å². The highest BCUT2D eigenvalue weighted by Gasteiger charge is 2.45. The highest BCUT2D eigenvalue weighted by Crippen LogP contribution is 2.39. The van der Waals surface area contributed by atoms with Crippen molar-refractivity contribution in [3.8, 4) is 0 Å². The van der Waals surface area contributed by atoms with Gasteiger partial charge in [0.15, 0.2) is 0 Å². The average Bonchev–Trinajstić information content (AvgIpc) is 1.80. The van der Waals surface area contributed by atoms with E-state index in [0.29, 0.717) is 3.92 Å². The van der Waals surface area contributed by atoms with Gasteiger partial charge in [-0.3, -0.25) is 0 Å². The molecule has 0 N–H and O–H groups in total. The first-order valence-electron chi connectivity index (χ1n) is 4.37. The van der Waals surface area contributed by atoms with Gasteiger partial charge in [-0.1, -0.05) is 22.6 Å². The highest BCUT2D eigenvalue weighted by atomic mass is 127. The Hall–Kier alpha value is 0.650. The van der Waals surface area contributed by atoms with Gasteiger partial charge in [-0.25, -0.2) is 0 Å². The summed E-state index contributed by atoms with van der Waals surface area (Å²) in [5, 5.41) is 13.1. The fourth-order valence-corrected chi connectivity index (χ4v) is 4.30. The van der Waals surface area contributed by atoms with Crippen LogP contribution < -0.4 is 0 Å². The van der Waals surface area contributed by atoms with Crippen molar-refractivity contribution in [2.75, 3.05) is 0 Å². The Morgan fingerprint density at radius 2 is 1.50 bits per heavy atom. The zero-order valence-electron chi connectivity index (χ0n) is 8.22. The number of hydrogen-bond donors (Lipinski definition) is 0. The van der Waals surface area contributed by atoms with E-state index in [9.17, 15) is 5.21 Å². The summed E-state index contributed by atoms with van der Waals surface area (Å²) in [6.07, 6.45) is 2.00. The Balaban J connectivity index is 2.84. The van der Waals surface area contributed by atoms with Crippen molar-refractivity contribution >= 4 is 22.6 Å². The zero-order chi connectivity index (χ0) is 9.57. The second-order valence-corrected chi connectivity index (χ2v) is 6.69. The molecule has 1 aliphatic rings. The lowest BCUT2D eigenvalue weighted by molar-refractivity contribution is -0.285. The van der Waals surface area contributed by atoms with E-state index in [2.05, 4.69) is 22.6 Å². The molecule has 0 bridgehead atoms. The summed E-state index contributed by atoms with van der Waals surface area (Å²) in [7, 11) is 0. The van der Waals surface area contributed by atoms with E-state index >= 15 is 0 Å². The molecular weight excluding hydrogens is 265 g/mol. The summed E-state index contributed by atoms with van der Waals surface area (Å²) in [4.78, 5) is 0. The molecule has 2 nitrogen and oxygen atoms in total. The van der Waals surface area contributed by atoms with E-state index in [1.165, 1.54) is 5.06 Å². The summed E-state index contributed by atoms with van der Waals surface area (Å²) in [5.41, 5.74) is -0.374. The van der Waals surface area contributed by atoms with Crippen molar-refractivity contribution < 1.29 is 5.21 Å². The third-order valence-corrected chi connectivity index (χ3v) is 3.42. The molecule has 0 unspecified atom stereocenters. The van der Waals surface area contributed by atoms with Gasteiger partial charge in [0.2, 0.25) is 0 Å². The van der Waals surface area contributed by atoms with Crippen LogP contribution in [0, 0.1) is 0 Å². The molecule has 3 heteroatoms. The molecular formula is C9H17INO. The molecule has 1 saturated heterocycles. The number of alkyl halides is 1. The van der Waals surface area contributed by atoms with E-state index < -0.39 is 0 Å². The molecule has 71 valence electrons. The molecule has 0 aromatic heterocycles. The van der Waals surface area contributed by atoms with Gasteiger partial charge >= 0.3 is 0 Å². The van der Waals surface area contributed by atoms with Crippen molar-refractivity contribution in [3.05, 3.63) is 0 Å². The number of rotatable bonds is 0. The molecule has 0 aromatic rings. The highest BCUT2D eigenvalue weighted by molar-refractivity contribution is 14.1. The minimum Gasteiger partial charge on any atom is -0.144 e. The minimum atomic E-state index is -0.187. The number of hydroxylamine groups is 2. The molecule has 12 heavy (non-hydrogen) atoms. The second-order valence-electron chi connectivity index (χ2n) is 4.92. The van der Waals surface area contributed by atoms with Crippen LogP contribution in [0.2, 0.25) is 0 Å². The minimum absolute atomic E-state index is 0.187. The van der Waals surface area contributed by atoms with Crippen LogP contribution in [0.5, 0.6) is 0 Å². The zero-order valence-corrected chi connectivity index (χ0v) is 10.4. The van der Waals surface area contributed by atoms with Gasteiger partial charge in [0.1, 0.15) is 0 Å². The maximum Gasteiger partial charge on any atom is 0.0453 e. The topological polar surface area (TPSA) is 23.1 Å². The lowest BCUT2D eigenvalue weighted by Crippen LogP contribution is -2.58. The van der Waals surface area contributed by atoms with E-state index in [4.69, 9.17) is 0 Å². The standard InChI is InChI=1S/C9H17INO/c1-8(2)5-7(10)6-9(3,4)11(8)12/h7H,5-6H2,1-4H3. The molecule has 0 spiro atoms. The van der Waals surface area contributed by atoms with E-state index in [1.807, 2.05) is 27.7 Å². The third-order valence-electron chi connectivity index (χ3n) is 2.54. The van der Waals surface area contributed by atoms with Crippen molar-refractivity contribution in [1.82, 2.24) is 5.06 Å². The van der Waals surface area contributed by atoms with Gasteiger partial charge in [0.05, 0.1) is 0 Å². The largest absolute Gasteiger partial charge is 0.144 e. The molecule has 0 aromatic carbocycles. The summed E-state index contributed by atoms with van der Waals surface area (Å²) in [6.45, 7) is 8.14. The summed E-state index contributed by atoms with van der Waals surface area (Å²) >= 11 is 2.45. The normalized spacial score (nSPS) is 30.5. The first-order chi connectivity index (χ1) is 5.26. The summed E-state index contributed by atoms with van der Waals surface area (Å²) < 4.78 is 0.637. The van der Waals surface area contributed by atoms with E-state index in [-0.39, 0.29) is 11.1 Å². The smallest absolute Gasteiger partial charge is 0.0453 e. The lowest BCUT2D eigenvalue weighted by atomic mass is 9.82. The first kappa shape index (κ1) is 10.7. The van der Waals surface area contributed by atoms with Crippen molar-refractivity contribution in [1.29, 1.82) is 0 Å². The van der Waals surface area contributed by atoms with Gasteiger partial charge in [0.25, 0.3) is 0 Å². The number of halogens is 1. The molecule has 0 saturated carbocycles. The molecule has 0 atom stereocenters. The van der Waals surface area contributed by atoms with Crippen LogP contribution in [0.1, 0.15) is 40.5 Å². The van der Waals surface area contributed by atoms with Crippen LogP contribution in [0.15, 0.2) is 0 Å². The monoisotopic (exact) mass is 282 g/mol. The fraction of sp³-hybridized carbons (Fsp3) is 1.00. The molecule has 1 rings (SSSR count). The van der Waals surface area contributed by atoms with Crippen LogP contribution in [0.4, 0.5) is 0 Å². The Kier molecular flexibility index (Phi) is 2.77. The van der Waals surface area contributed by atoms with Crippen molar-refractivity contribution in [3.63, 3.8) is 0 Å². The van der Waals surface area contributed by atoms with Gasteiger partial charge in [-0.05, 0) is 40.5 Å². The van der Waals surface area contributed by atoms with Gasteiger partial charge in [0, 0.05) is 15.0 Å². The van der Waals surface area contributed by atoms with Crippen molar-refractivity contribution in [2.24, 2.45) is 0 Å². The number of hydrogen-bond acceptors (Lipinski definition) is 1. The predicted octanol–water partition coefficient (Wildman–Crippen LogP) is 2.79. The first-order valence-corrected chi connectivity index (χ1v) is 5.62. The Bertz CT molecular complexity index is 161. The van der Waals surface area contributed by atoms with Gasteiger partial charge in [-0.15, -0.1) is 10.3 Å². The fourth-order valence-electron chi connectivity index (χ4n) is 2.14. The van der Waals surface area contributed by atoms with Crippen LogP contribution in [-0.2, 0) is 5.21 Å². The molecule has 1 aliphatic heterocycles. The SMILES string of the molecule is CC1(C)CC(I)CC(C)(C)N1[O]. The molecule has 1 radical (unpaired) electrons.